The Kier molecular flexibility index (Phi) is 7.12. The molecule has 0 atom stereocenters. The number of hydrogen-bond acceptors (Lipinski definition) is 2. The summed E-state index contributed by atoms with van der Waals surface area (Å²) >= 11 is 0. The normalized spacial score (nSPS) is 18.4. The zero-order chi connectivity index (χ0) is 15.0. The first-order valence-corrected chi connectivity index (χ1v) is 7.13. The van der Waals surface area contributed by atoms with Crippen LogP contribution in [-0.2, 0) is 0 Å². The summed E-state index contributed by atoms with van der Waals surface area (Å²) < 4.78 is 36.5. The quantitative estimate of drug-likeness (QED) is 0.601. The van der Waals surface area contributed by atoms with Gasteiger partial charge in [-0.25, -0.2) is 0 Å². The number of likely N-dealkylation sites (N-methyl/N-ethyl adjacent to an activating group) is 1. The van der Waals surface area contributed by atoms with Crippen LogP contribution in [0.4, 0.5) is 13.2 Å². The van der Waals surface area contributed by atoms with Crippen molar-refractivity contribution in [3.63, 3.8) is 0 Å². The Labute approximate surface area is 118 Å². The molecule has 0 aromatic carbocycles. The van der Waals surface area contributed by atoms with Crippen molar-refractivity contribution in [1.82, 2.24) is 15.5 Å². The van der Waals surface area contributed by atoms with Gasteiger partial charge in [-0.2, -0.15) is 13.2 Å². The fourth-order valence-corrected chi connectivity index (χ4v) is 2.39. The number of halogens is 3. The number of hydrogen-bond donors (Lipinski definition) is 2. The highest BCUT2D eigenvalue weighted by Gasteiger charge is 2.28. The minimum absolute atomic E-state index is 0.324. The number of aliphatic imine (C=N–C) groups is 1. The molecule has 4 nitrogen and oxygen atoms in total. The Morgan fingerprint density at radius 3 is 2.45 bits per heavy atom. The van der Waals surface area contributed by atoms with Crippen molar-refractivity contribution in [2.45, 2.75) is 44.3 Å². The second-order valence-corrected chi connectivity index (χ2v) is 5.33. The highest BCUT2D eigenvalue weighted by molar-refractivity contribution is 5.79. The molecule has 0 aromatic rings. The molecule has 0 spiro atoms. The predicted octanol–water partition coefficient (Wildman–Crippen LogP) is 1.98. The molecule has 118 valence electrons. The zero-order valence-corrected chi connectivity index (χ0v) is 12.3. The molecule has 1 aliphatic carbocycles. The molecule has 0 radical (unpaired) electrons. The highest BCUT2D eigenvalue weighted by atomic mass is 19.4. The van der Waals surface area contributed by atoms with Crippen LogP contribution < -0.4 is 10.6 Å². The molecule has 1 rings (SSSR count). The Bertz CT molecular complexity index is 298. The lowest BCUT2D eigenvalue weighted by Crippen LogP contribution is -2.46. The predicted molar refractivity (Wildman–Crippen MR) is 74.9 cm³/mol. The van der Waals surface area contributed by atoms with Crippen LogP contribution in [-0.4, -0.2) is 56.8 Å². The Morgan fingerprint density at radius 1 is 1.25 bits per heavy atom. The molecule has 0 amide bonds. The van der Waals surface area contributed by atoms with Gasteiger partial charge in [-0.1, -0.05) is 19.3 Å². The molecule has 2 N–H and O–H groups in total. The molecular formula is C13H25F3N4. The van der Waals surface area contributed by atoms with Gasteiger partial charge in [-0.05, 0) is 19.9 Å². The van der Waals surface area contributed by atoms with Crippen LogP contribution in [0.2, 0.25) is 0 Å². The third-order valence-corrected chi connectivity index (χ3v) is 3.40. The lowest BCUT2D eigenvalue weighted by molar-refractivity contribution is -0.142. The molecule has 0 saturated heterocycles. The number of nitrogens with one attached hydrogen (secondary N) is 2. The third-order valence-electron chi connectivity index (χ3n) is 3.40. The van der Waals surface area contributed by atoms with Gasteiger partial charge in [-0.15, -0.1) is 0 Å². The second-order valence-electron chi connectivity index (χ2n) is 5.33. The summed E-state index contributed by atoms with van der Waals surface area (Å²) in [5, 5.41) is 6.39. The first-order chi connectivity index (χ1) is 9.40. The van der Waals surface area contributed by atoms with E-state index in [-0.39, 0.29) is 0 Å². The molecule has 0 aromatic heterocycles. The van der Waals surface area contributed by atoms with Crippen molar-refractivity contribution in [1.29, 1.82) is 0 Å². The number of rotatable bonds is 5. The fourth-order valence-electron chi connectivity index (χ4n) is 2.39. The Morgan fingerprint density at radius 2 is 1.90 bits per heavy atom. The maximum absolute atomic E-state index is 12.2. The molecule has 0 heterocycles. The molecule has 1 aliphatic rings. The van der Waals surface area contributed by atoms with Crippen LogP contribution in [0.1, 0.15) is 32.1 Å². The first-order valence-electron chi connectivity index (χ1n) is 7.13. The van der Waals surface area contributed by atoms with Crippen molar-refractivity contribution in [3.05, 3.63) is 0 Å². The number of guanidine groups is 1. The first kappa shape index (κ1) is 17.1. The van der Waals surface area contributed by atoms with Gasteiger partial charge in [0.05, 0.1) is 6.54 Å². The summed E-state index contributed by atoms with van der Waals surface area (Å²) in [5.41, 5.74) is 0. The summed E-state index contributed by atoms with van der Waals surface area (Å²) in [6.45, 7) is -0.118. The van der Waals surface area contributed by atoms with Crippen molar-refractivity contribution in [2.24, 2.45) is 4.99 Å². The van der Waals surface area contributed by atoms with E-state index < -0.39 is 12.7 Å². The van der Waals surface area contributed by atoms with E-state index in [9.17, 15) is 13.2 Å². The average molecular weight is 294 g/mol. The third kappa shape index (κ3) is 7.57. The maximum atomic E-state index is 12.2. The van der Waals surface area contributed by atoms with Crippen LogP contribution in [0.15, 0.2) is 4.99 Å². The molecule has 1 fully saturated rings. The molecular weight excluding hydrogens is 269 g/mol. The second kappa shape index (κ2) is 8.34. The summed E-state index contributed by atoms with van der Waals surface area (Å²) in [5.74, 6) is 0.678. The summed E-state index contributed by atoms with van der Waals surface area (Å²) in [6, 6.07) is 0.433. The van der Waals surface area contributed by atoms with Gasteiger partial charge >= 0.3 is 6.18 Å². The largest absolute Gasteiger partial charge is 0.401 e. The Balaban J connectivity index is 2.21. The van der Waals surface area contributed by atoms with E-state index in [4.69, 9.17) is 0 Å². The van der Waals surface area contributed by atoms with Crippen LogP contribution in [0, 0.1) is 0 Å². The molecule has 7 heteroatoms. The number of alkyl halides is 3. The SMILES string of the molecule is CN=C(NCCN(C)CC(F)(F)F)NC1CCCCC1. The van der Waals surface area contributed by atoms with Gasteiger partial charge < -0.3 is 10.6 Å². The summed E-state index contributed by atoms with van der Waals surface area (Å²) in [6.07, 6.45) is 1.86. The molecule has 1 saturated carbocycles. The van der Waals surface area contributed by atoms with Gasteiger partial charge in [0.15, 0.2) is 5.96 Å². The zero-order valence-electron chi connectivity index (χ0n) is 12.3. The highest BCUT2D eigenvalue weighted by Crippen LogP contribution is 2.17. The molecule has 0 bridgehead atoms. The van der Waals surface area contributed by atoms with E-state index in [1.54, 1.807) is 7.05 Å². The van der Waals surface area contributed by atoms with E-state index in [0.29, 0.717) is 25.1 Å². The van der Waals surface area contributed by atoms with Gasteiger partial charge in [0.2, 0.25) is 0 Å². The number of nitrogens with zero attached hydrogens (tertiary/aromatic N) is 2. The summed E-state index contributed by atoms with van der Waals surface area (Å²) in [4.78, 5) is 5.36. The van der Waals surface area contributed by atoms with Gasteiger partial charge in [0.1, 0.15) is 0 Å². The van der Waals surface area contributed by atoms with Crippen molar-refractivity contribution in [2.75, 3.05) is 33.7 Å². The Hall–Kier alpha value is -0.980. The van der Waals surface area contributed by atoms with Crippen LogP contribution >= 0.6 is 0 Å². The standard InChI is InChI=1S/C13H25F3N4/c1-17-12(19-11-6-4-3-5-7-11)18-8-9-20(2)10-13(14,15)16/h11H,3-10H2,1-2H3,(H2,17,18,19). The van der Waals surface area contributed by atoms with Gasteiger partial charge in [0.25, 0.3) is 0 Å². The van der Waals surface area contributed by atoms with Crippen molar-refractivity contribution >= 4 is 5.96 Å². The molecule has 0 unspecified atom stereocenters. The van der Waals surface area contributed by atoms with Crippen LogP contribution in [0.25, 0.3) is 0 Å². The minimum Gasteiger partial charge on any atom is -0.355 e. The van der Waals surface area contributed by atoms with E-state index in [1.807, 2.05) is 0 Å². The minimum atomic E-state index is -4.14. The van der Waals surface area contributed by atoms with Gasteiger partial charge in [-0.3, -0.25) is 9.89 Å². The van der Waals surface area contributed by atoms with Crippen LogP contribution in [0.3, 0.4) is 0 Å². The monoisotopic (exact) mass is 294 g/mol. The van der Waals surface area contributed by atoms with Gasteiger partial charge in [0, 0.05) is 26.2 Å². The summed E-state index contributed by atoms with van der Waals surface area (Å²) in [7, 11) is 3.14. The van der Waals surface area contributed by atoms with E-state index >= 15 is 0 Å². The lowest BCUT2D eigenvalue weighted by atomic mass is 9.96. The van der Waals surface area contributed by atoms with E-state index in [2.05, 4.69) is 15.6 Å². The smallest absolute Gasteiger partial charge is 0.355 e. The molecule has 0 aliphatic heterocycles. The van der Waals surface area contributed by atoms with E-state index in [1.165, 1.54) is 31.2 Å². The van der Waals surface area contributed by atoms with E-state index in [0.717, 1.165) is 12.8 Å². The topological polar surface area (TPSA) is 39.7 Å². The molecule has 20 heavy (non-hydrogen) atoms. The fraction of sp³-hybridized carbons (Fsp3) is 0.923. The van der Waals surface area contributed by atoms with Crippen molar-refractivity contribution in [3.8, 4) is 0 Å². The average Bonchev–Trinajstić information content (AvgIpc) is 2.36. The maximum Gasteiger partial charge on any atom is 0.401 e. The van der Waals surface area contributed by atoms with Crippen LogP contribution in [0.5, 0.6) is 0 Å². The van der Waals surface area contributed by atoms with Crippen molar-refractivity contribution < 1.29 is 13.2 Å². The lowest BCUT2D eigenvalue weighted by Gasteiger charge is -2.25.